The lowest BCUT2D eigenvalue weighted by Crippen LogP contribution is -2.38. The summed E-state index contributed by atoms with van der Waals surface area (Å²) in [6, 6.07) is 7.29. The largest absolute Gasteiger partial charge is 0.411 e. The smallest absolute Gasteiger partial charge is 0.367 e. The van der Waals surface area contributed by atoms with Gasteiger partial charge in [0.15, 0.2) is 5.96 Å². The summed E-state index contributed by atoms with van der Waals surface area (Å²) in [5.41, 5.74) is 1.66. The Kier molecular flexibility index (Phi) is 9.05. The zero-order valence-electron chi connectivity index (χ0n) is 14.8. The fourth-order valence-electron chi connectivity index (χ4n) is 2.26. The van der Waals surface area contributed by atoms with E-state index in [0.717, 1.165) is 30.9 Å². The lowest BCUT2D eigenvalue weighted by atomic mass is 10.1. The number of alkyl halides is 3. The molecule has 7 heteroatoms. The van der Waals surface area contributed by atoms with Crippen LogP contribution >= 0.6 is 0 Å². The van der Waals surface area contributed by atoms with E-state index >= 15 is 0 Å². The summed E-state index contributed by atoms with van der Waals surface area (Å²) in [5.74, 6) is 0.766. The third-order valence-electron chi connectivity index (χ3n) is 3.45. The maximum atomic E-state index is 12.1. The molecule has 1 aromatic carbocycles. The average Bonchev–Trinajstić information content (AvgIpc) is 2.55. The number of guanidine groups is 1. The molecule has 0 aliphatic heterocycles. The van der Waals surface area contributed by atoms with Gasteiger partial charge in [0.05, 0.1) is 6.61 Å². The number of nitrogens with zero attached hydrogens (tertiary/aromatic N) is 2. The first-order valence-electron chi connectivity index (χ1n) is 8.10. The third-order valence-corrected chi connectivity index (χ3v) is 3.45. The molecule has 1 rings (SSSR count). The minimum Gasteiger partial charge on any atom is -0.367 e. The third kappa shape index (κ3) is 9.14. The molecule has 0 heterocycles. The minimum atomic E-state index is -4.30. The molecular weight excluding hydrogens is 331 g/mol. The fourth-order valence-corrected chi connectivity index (χ4v) is 2.26. The Morgan fingerprint density at radius 2 is 2.08 bits per heavy atom. The highest BCUT2D eigenvalue weighted by Crippen LogP contribution is 2.16. The van der Waals surface area contributed by atoms with Gasteiger partial charge < -0.3 is 15.0 Å². The Labute approximate surface area is 147 Å². The van der Waals surface area contributed by atoms with E-state index in [9.17, 15) is 13.2 Å². The fraction of sp³-hybridized carbons (Fsp3) is 0.500. The van der Waals surface area contributed by atoms with Crippen LogP contribution in [0, 0.1) is 0 Å². The summed E-state index contributed by atoms with van der Waals surface area (Å²) in [5, 5.41) is 3.25. The molecule has 0 unspecified atom stereocenters. The summed E-state index contributed by atoms with van der Waals surface area (Å²) < 4.78 is 41.0. The van der Waals surface area contributed by atoms with Crippen LogP contribution in [0.5, 0.6) is 0 Å². The minimum absolute atomic E-state index is 0.0659. The second-order valence-corrected chi connectivity index (χ2v) is 5.68. The molecule has 0 radical (unpaired) electrons. The first-order valence-corrected chi connectivity index (χ1v) is 8.10. The number of hydrogen-bond acceptors (Lipinski definition) is 2. The summed E-state index contributed by atoms with van der Waals surface area (Å²) in [6.45, 7) is 3.79. The van der Waals surface area contributed by atoms with E-state index in [0.29, 0.717) is 12.1 Å². The van der Waals surface area contributed by atoms with E-state index < -0.39 is 12.8 Å². The van der Waals surface area contributed by atoms with Crippen LogP contribution in [0.4, 0.5) is 13.2 Å². The topological polar surface area (TPSA) is 36.9 Å². The summed E-state index contributed by atoms with van der Waals surface area (Å²) in [6.07, 6.45) is -0.480. The van der Waals surface area contributed by atoms with Crippen molar-refractivity contribution in [3.8, 4) is 0 Å². The van der Waals surface area contributed by atoms with E-state index in [1.807, 2.05) is 30.2 Å². The lowest BCUT2D eigenvalue weighted by Gasteiger charge is -2.22. The van der Waals surface area contributed by atoms with Crippen molar-refractivity contribution in [3.63, 3.8) is 0 Å². The van der Waals surface area contributed by atoms with E-state index in [2.05, 4.69) is 16.9 Å². The molecule has 0 saturated carbocycles. The van der Waals surface area contributed by atoms with Crippen LogP contribution in [0.3, 0.4) is 0 Å². The van der Waals surface area contributed by atoms with Gasteiger partial charge >= 0.3 is 6.18 Å². The molecule has 140 valence electrons. The van der Waals surface area contributed by atoms with Crippen LogP contribution in [0.15, 0.2) is 41.9 Å². The van der Waals surface area contributed by atoms with Crippen LogP contribution in [0.2, 0.25) is 0 Å². The molecule has 0 fully saturated rings. The van der Waals surface area contributed by atoms with Crippen molar-refractivity contribution < 1.29 is 17.9 Å². The van der Waals surface area contributed by atoms with Crippen molar-refractivity contribution in [3.05, 3.63) is 48.0 Å². The molecule has 0 aromatic heterocycles. The molecule has 4 nitrogen and oxygen atoms in total. The van der Waals surface area contributed by atoms with E-state index in [4.69, 9.17) is 4.74 Å². The highest BCUT2D eigenvalue weighted by molar-refractivity contribution is 5.79. The Balaban J connectivity index is 2.50. The van der Waals surface area contributed by atoms with Gasteiger partial charge in [-0.25, -0.2) is 0 Å². The van der Waals surface area contributed by atoms with Crippen molar-refractivity contribution in [2.45, 2.75) is 32.2 Å². The number of halogens is 3. The zero-order chi connectivity index (χ0) is 18.7. The standard InChI is InChI=1S/C18H26F3N3O/c1-4-5-6-10-24(3)17(22-2)23-12-15-8-7-9-16(11-15)13-25-14-18(19,20)21/h4,7-9,11H,1,5-6,10,12-14H2,2-3H3,(H,22,23). The van der Waals surface area contributed by atoms with Crippen LogP contribution in [-0.4, -0.2) is 44.3 Å². The first kappa shape index (κ1) is 21.0. The number of allylic oxidation sites excluding steroid dienone is 1. The van der Waals surface area contributed by atoms with Gasteiger partial charge in [-0.1, -0.05) is 30.3 Å². The number of benzene rings is 1. The first-order chi connectivity index (χ1) is 11.9. The predicted octanol–water partition coefficient (Wildman–Crippen LogP) is 3.74. The monoisotopic (exact) mass is 357 g/mol. The molecule has 1 aromatic rings. The Bertz CT molecular complexity index is 559. The second-order valence-electron chi connectivity index (χ2n) is 5.68. The number of unbranched alkanes of at least 4 members (excludes halogenated alkanes) is 1. The Morgan fingerprint density at radius 1 is 1.36 bits per heavy atom. The molecule has 0 spiro atoms. The normalized spacial score (nSPS) is 12.1. The SMILES string of the molecule is C=CCCCN(C)C(=NC)NCc1cccc(COCC(F)(F)F)c1. The Hall–Kier alpha value is -2.02. The highest BCUT2D eigenvalue weighted by Gasteiger charge is 2.27. The number of ether oxygens (including phenoxy) is 1. The van der Waals surface area contributed by atoms with E-state index in [1.54, 1.807) is 19.2 Å². The van der Waals surface area contributed by atoms with Crippen molar-refractivity contribution in [1.29, 1.82) is 0 Å². The number of nitrogens with one attached hydrogen (secondary N) is 1. The second kappa shape index (κ2) is 10.8. The van der Waals surface area contributed by atoms with E-state index in [-0.39, 0.29) is 6.61 Å². The van der Waals surface area contributed by atoms with Gasteiger partial charge in [0, 0.05) is 27.2 Å². The molecular formula is C18H26F3N3O. The lowest BCUT2D eigenvalue weighted by molar-refractivity contribution is -0.176. The van der Waals surface area contributed by atoms with E-state index in [1.165, 1.54) is 0 Å². The van der Waals surface area contributed by atoms with Crippen molar-refractivity contribution in [2.75, 3.05) is 27.2 Å². The molecule has 0 aliphatic carbocycles. The zero-order valence-corrected chi connectivity index (χ0v) is 14.8. The number of aliphatic imine (C=N–C) groups is 1. The predicted molar refractivity (Wildman–Crippen MR) is 94.4 cm³/mol. The van der Waals surface area contributed by atoms with Crippen LogP contribution in [0.1, 0.15) is 24.0 Å². The summed E-state index contributed by atoms with van der Waals surface area (Å²) in [4.78, 5) is 6.26. The average molecular weight is 357 g/mol. The van der Waals surface area contributed by atoms with Gasteiger partial charge in [-0.05, 0) is 24.0 Å². The van der Waals surface area contributed by atoms with Crippen LogP contribution in [-0.2, 0) is 17.9 Å². The van der Waals surface area contributed by atoms with Gasteiger partial charge in [0.1, 0.15) is 6.61 Å². The van der Waals surface area contributed by atoms with Gasteiger partial charge in [0.2, 0.25) is 0 Å². The highest BCUT2D eigenvalue weighted by atomic mass is 19.4. The number of rotatable bonds is 9. The van der Waals surface area contributed by atoms with Gasteiger partial charge in [-0.3, -0.25) is 4.99 Å². The van der Waals surface area contributed by atoms with Gasteiger partial charge in [0.25, 0.3) is 0 Å². The molecule has 0 amide bonds. The molecule has 0 saturated heterocycles. The Morgan fingerprint density at radius 3 is 2.72 bits per heavy atom. The van der Waals surface area contributed by atoms with Crippen LogP contribution < -0.4 is 5.32 Å². The van der Waals surface area contributed by atoms with Gasteiger partial charge in [-0.15, -0.1) is 6.58 Å². The maximum absolute atomic E-state index is 12.1. The molecule has 0 aliphatic rings. The number of hydrogen-bond donors (Lipinski definition) is 1. The molecule has 0 bridgehead atoms. The van der Waals surface area contributed by atoms with Crippen LogP contribution in [0.25, 0.3) is 0 Å². The molecule has 0 atom stereocenters. The maximum Gasteiger partial charge on any atom is 0.411 e. The molecule has 25 heavy (non-hydrogen) atoms. The summed E-state index contributed by atoms with van der Waals surface area (Å²) >= 11 is 0. The van der Waals surface area contributed by atoms with Crippen molar-refractivity contribution in [2.24, 2.45) is 4.99 Å². The van der Waals surface area contributed by atoms with Crippen molar-refractivity contribution in [1.82, 2.24) is 10.2 Å². The summed E-state index contributed by atoms with van der Waals surface area (Å²) in [7, 11) is 3.67. The van der Waals surface area contributed by atoms with Gasteiger partial charge in [-0.2, -0.15) is 13.2 Å². The molecule has 1 N–H and O–H groups in total. The van der Waals surface area contributed by atoms with Crippen molar-refractivity contribution >= 4 is 5.96 Å². The quantitative estimate of drug-likeness (QED) is 0.317.